The third-order valence-electron chi connectivity index (χ3n) is 2.84. The van der Waals surface area contributed by atoms with Gasteiger partial charge in [-0.05, 0) is 34.1 Å². The largest absolute Gasteiger partial charge is 0.467 e. The summed E-state index contributed by atoms with van der Waals surface area (Å²) in [6.07, 6.45) is 4.14. The minimum Gasteiger partial charge on any atom is -0.467 e. The summed E-state index contributed by atoms with van der Waals surface area (Å²) in [6.45, 7) is 0.615. The molecule has 0 radical (unpaired) electrons. The summed E-state index contributed by atoms with van der Waals surface area (Å²) in [5, 5.41) is 0. The summed E-state index contributed by atoms with van der Waals surface area (Å²) in [7, 11) is 0. The molecule has 0 fully saturated rings. The van der Waals surface area contributed by atoms with E-state index in [1.54, 1.807) is 12.5 Å². The Labute approximate surface area is 123 Å². The number of imidazole rings is 1. The molecule has 0 aliphatic carbocycles. The molecule has 3 heterocycles. The lowest BCUT2D eigenvalue weighted by Crippen LogP contribution is -2.06. The molecule has 0 N–H and O–H groups in total. The van der Waals surface area contributed by atoms with E-state index >= 15 is 0 Å². The normalized spacial score (nSPS) is 11.3. The Morgan fingerprint density at radius 3 is 3.05 bits per heavy atom. The van der Waals surface area contributed by atoms with Gasteiger partial charge in [0.25, 0.3) is 0 Å². The quantitative estimate of drug-likeness (QED) is 0.681. The number of rotatable bonds is 4. The summed E-state index contributed by atoms with van der Waals surface area (Å²) in [6, 6.07) is 5.77. The molecule has 19 heavy (non-hydrogen) atoms. The second-order valence-electron chi connectivity index (χ2n) is 4.13. The molecule has 0 unspecified atom stereocenters. The number of pyridine rings is 1. The van der Waals surface area contributed by atoms with Gasteiger partial charge in [0, 0.05) is 23.0 Å². The Balaban J connectivity index is 2.10. The van der Waals surface area contributed by atoms with Crippen LogP contribution < -0.4 is 0 Å². The molecule has 0 saturated heterocycles. The van der Waals surface area contributed by atoms with Crippen molar-refractivity contribution in [3.8, 4) is 0 Å². The first-order valence-corrected chi connectivity index (χ1v) is 7.19. The van der Waals surface area contributed by atoms with Crippen molar-refractivity contribution in [1.29, 1.82) is 0 Å². The van der Waals surface area contributed by atoms with Crippen LogP contribution in [-0.4, -0.2) is 20.4 Å². The van der Waals surface area contributed by atoms with Crippen LogP contribution in [0.3, 0.4) is 0 Å². The van der Waals surface area contributed by atoms with E-state index in [9.17, 15) is 0 Å². The molecular weight excluding hydrogens is 330 g/mol. The number of nitrogens with zero attached hydrogens (tertiary/aromatic N) is 3. The first-order valence-electron chi connectivity index (χ1n) is 5.87. The number of aryl methyl sites for hydroxylation is 1. The first kappa shape index (κ1) is 12.7. The molecule has 3 aromatic heterocycles. The highest BCUT2D eigenvalue weighted by Crippen LogP contribution is 2.20. The molecule has 6 heteroatoms. The van der Waals surface area contributed by atoms with Gasteiger partial charge in [-0.3, -0.25) is 0 Å². The average molecular weight is 341 g/mol. The fourth-order valence-electron chi connectivity index (χ4n) is 2.03. The van der Waals surface area contributed by atoms with Crippen LogP contribution in [0, 0.1) is 0 Å². The molecule has 4 nitrogen and oxygen atoms in total. The van der Waals surface area contributed by atoms with Gasteiger partial charge in [0.1, 0.15) is 17.1 Å². The molecular formula is C13H11BrClN3O. The SMILES string of the molecule is ClCCc1nc2cc(Br)cnc2n1Cc1ccco1. The van der Waals surface area contributed by atoms with E-state index in [1.165, 1.54) is 0 Å². The Hall–Kier alpha value is -1.33. The third kappa shape index (κ3) is 2.53. The zero-order valence-corrected chi connectivity index (χ0v) is 12.4. The fraction of sp³-hybridized carbons (Fsp3) is 0.231. The van der Waals surface area contributed by atoms with Gasteiger partial charge in [-0.15, -0.1) is 11.6 Å². The van der Waals surface area contributed by atoms with Crippen LogP contribution in [0.4, 0.5) is 0 Å². The lowest BCUT2D eigenvalue weighted by atomic mass is 10.4. The third-order valence-corrected chi connectivity index (χ3v) is 3.47. The van der Waals surface area contributed by atoms with E-state index in [0.717, 1.165) is 27.2 Å². The van der Waals surface area contributed by atoms with Crippen LogP contribution in [0.5, 0.6) is 0 Å². The van der Waals surface area contributed by atoms with Crippen LogP contribution in [0.2, 0.25) is 0 Å². The summed E-state index contributed by atoms with van der Waals surface area (Å²) >= 11 is 9.25. The summed E-state index contributed by atoms with van der Waals surface area (Å²) in [5.41, 5.74) is 1.71. The van der Waals surface area contributed by atoms with Crippen molar-refractivity contribution in [1.82, 2.24) is 14.5 Å². The van der Waals surface area contributed by atoms with Gasteiger partial charge in [-0.1, -0.05) is 0 Å². The van der Waals surface area contributed by atoms with Gasteiger partial charge in [0.15, 0.2) is 5.65 Å². The highest BCUT2D eigenvalue weighted by molar-refractivity contribution is 9.10. The highest BCUT2D eigenvalue weighted by Gasteiger charge is 2.13. The Kier molecular flexibility index (Phi) is 3.57. The molecule has 0 amide bonds. The van der Waals surface area contributed by atoms with Crippen LogP contribution in [0.15, 0.2) is 39.5 Å². The van der Waals surface area contributed by atoms with Gasteiger partial charge in [-0.25, -0.2) is 9.97 Å². The van der Waals surface area contributed by atoms with E-state index in [0.29, 0.717) is 18.8 Å². The molecule has 0 saturated carbocycles. The lowest BCUT2D eigenvalue weighted by molar-refractivity contribution is 0.491. The molecule has 0 aromatic carbocycles. The van der Waals surface area contributed by atoms with Gasteiger partial charge in [0.2, 0.25) is 0 Å². The fourth-order valence-corrected chi connectivity index (χ4v) is 2.52. The number of furan rings is 1. The minimum atomic E-state index is 0.530. The second kappa shape index (κ2) is 5.35. The van der Waals surface area contributed by atoms with Crippen LogP contribution >= 0.6 is 27.5 Å². The van der Waals surface area contributed by atoms with Crippen LogP contribution in [0.1, 0.15) is 11.6 Å². The maximum absolute atomic E-state index is 5.84. The van der Waals surface area contributed by atoms with Crippen molar-refractivity contribution < 1.29 is 4.42 Å². The summed E-state index contributed by atoms with van der Waals surface area (Å²) in [5.74, 6) is 2.33. The van der Waals surface area contributed by atoms with E-state index in [2.05, 4.69) is 25.9 Å². The molecule has 0 bridgehead atoms. The Bertz CT molecular complexity index is 693. The van der Waals surface area contributed by atoms with Gasteiger partial charge >= 0.3 is 0 Å². The Morgan fingerprint density at radius 1 is 1.42 bits per heavy atom. The van der Waals surface area contributed by atoms with Gasteiger partial charge < -0.3 is 8.98 Å². The number of halogens is 2. The van der Waals surface area contributed by atoms with E-state index in [-0.39, 0.29) is 0 Å². The van der Waals surface area contributed by atoms with E-state index in [1.807, 2.05) is 22.8 Å². The molecule has 0 spiro atoms. The predicted octanol–water partition coefficient (Wildman–Crippen LogP) is 3.62. The molecule has 3 aromatic rings. The Morgan fingerprint density at radius 2 is 2.32 bits per heavy atom. The predicted molar refractivity (Wildman–Crippen MR) is 77.5 cm³/mol. The first-order chi connectivity index (χ1) is 9.28. The molecule has 0 aliphatic rings. The molecule has 98 valence electrons. The number of alkyl halides is 1. The van der Waals surface area contributed by atoms with Crippen molar-refractivity contribution in [3.63, 3.8) is 0 Å². The summed E-state index contributed by atoms with van der Waals surface area (Å²) in [4.78, 5) is 9.02. The summed E-state index contributed by atoms with van der Waals surface area (Å²) < 4.78 is 8.36. The molecule has 3 rings (SSSR count). The molecule has 0 atom stereocenters. The lowest BCUT2D eigenvalue weighted by Gasteiger charge is -2.05. The zero-order valence-electron chi connectivity index (χ0n) is 10.0. The van der Waals surface area contributed by atoms with Crippen LogP contribution in [-0.2, 0) is 13.0 Å². The van der Waals surface area contributed by atoms with Gasteiger partial charge in [0.05, 0.1) is 12.8 Å². The maximum atomic E-state index is 5.84. The highest BCUT2D eigenvalue weighted by atomic mass is 79.9. The monoisotopic (exact) mass is 339 g/mol. The van der Waals surface area contributed by atoms with Crippen molar-refractivity contribution >= 4 is 38.7 Å². The van der Waals surface area contributed by atoms with Crippen LogP contribution in [0.25, 0.3) is 11.2 Å². The standard InChI is InChI=1S/C13H11BrClN3O/c14-9-6-11-13(16-7-9)18(12(17-11)3-4-15)8-10-2-1-5-19-10/h1-2,5-7H,3-4,8H2. The van der Waals surface area contributed by atoms with E-state index < -0.39 is 0 Å². The number of fused-ring (bicyclic) bond motifs is 1. The average Bonchev–Trinajstić information content (AvgIpc) is 2.99. The minimum absolute atomic E-state index is 0.530. The second-order valence-corrected chi connectivity index (χ2v) is 5.42. The number of hydrogen-bond acceptors (Lipinski definition) is 3. The van der Waals surface area contributed by atoms with Crippen molar-refractivity contribution in [2.75, 3.05) is 5.88 Å². The van der Waals surface area contributed by atoms with Crippen molar-refractivity contribution in [2.24, 2.45) is 0 Å². The number of hydrogen-bond donors (Lipinski definition) is 0. The maximum Gasteiger partial charge on any atom is 0.160 e. The topological polar surface area (TPSA) is 43.9 Å². The van der Waals surface area contributed by atoms with Gasteiger partial charge in [-0.2, -0.15) is 0 Å². The number of aromatic nitrogens is 3. The van der Waals surface area contributed by atoms with Crippen molar-refractivity contribution in [2.45, 2.75) is 13.0 Å². The smallest absolute Gasteiger partial charge is 0.160 e. The van der Waals surface area contributed by atoms with E-state index in [4.69, 9.17) is 16.0 Å². The zero-order chi connectivity index (χ0) is 13.2. The molecule has 0 aliphatic heterocycles. The van der Waals surface area contributed by atoms with Crippen molar-refractivity contribution in [3.05, 3.63) is 46.7 Å².